The molecule has 2 saturated carbocycles. The fourth-order valence-corrected chi connectivity index (χ4v) is 2.80. The first-order valence-electron chi connectivity index (χ1n) is 4.96. The summed E-state index contributed by atoms with van der Waals surface area (Å²) in [5.74, 6) is 0.998. The third kappa shape index (κ3) is 1.58. The lowest BCUT2D eigenvalue weighted by atomic mass is 9.51. The van der Waals surface area contributed by atoms with Crippen molar-refractivity contribution in [2.45, 2.75) is 52.5 Å². The molecule has 0 aliphatic heterocycles. The zero-order chi connectivity index (χ0) is 8.48. The molecule has 2 rings (SSSR count). The van der Waals surface area contributed by atoms with Gasteiger partial charge in [-0.1, -0.05) is 20.8 Å². The van der Waals surface area contributed by atoms with Crippen LogP contribution in [0.25, 0.3) is 0 Å². The minimum atomic E-state index is 0.553. The summed E-state index contributed by atoms with van der Waals surface area (Å²) in [6.45, 7) is 6.34. The molecule has 2 aliphatic rings. The van der Waals surface area contributed by atoms with E-state index < -0.39 is 0 Å². The van der Waals surface area contributed by atoms with Gasteiger partial charge in [-0.05, 0) is 37.0 Å². The molecule has 1 nitrogen and oxygen atoms in total. The topological polar surface area (TPSA) is 26.0 Å². The van der Waals surface area contributed by atoms with Crippen LogP contribution in [0.15, 0.2) is 0 Å². The Bertz CT molecular complexity index is 99.3. The van der Waals surface area contributed by atoms with Gasteiger partial charge in [0.1, 0.15) is 0 Å². The SMILES string of the molecule is CC.CC1CC2(C1)CC(N)C2. The Labute approximate surface area is 70.4 Å². The molecule has 0 saturated heterocycles. The van der Waals surface area contributed by atoms with Gasteiger partial charge in [-0.3, -0.25) is 0 Å². The van der Waals surface area contributed by atoms with Gasteiger partial charge in [0.2, 0.25) is 0 Å². The summed E-state index contributed by atoms with van der Waals surface area (Å²) in [4.78, 5) is 0. The molecule has 11 heavy (non-hydrogen) atoms. The van der Waals surface area contributed by atoms with Crippen molar-refractivity contribution in [2.75, 3.05) is 0 Å². The van der Waals surface area contributed by atoms with Crippen LogP contribution in [0.1, 0.15) is 46.5 Å². The Morgan fingerprint density at radius 2 is 1.55 bits per heavy atom. The number of hydrogen-bond donors (Lipinski definition) is 1. The van der Waals surface area contributed by atoms with Crippen LogP contribution in [-0.4, -0.2) is 6.04 Å². The van der Waals surface area contributed by atoms with Gasteiger partial charge in [-0.2, -0.15) is 0 Å². The molecule has 2 fully saturated rings. The average Bonchev–Trinajstić information content (AvgIpc) is 1.86. The predicted molar refractivity (Wildman–Crippen MR) is 49.4 cm³/mol. The molecule has 1 heteroatoms. The van der Waals surface area contributed by atoms with Gasteiger partial charge >= 0.3 is 0 Å². The van der Waals surface area contributed by atoms with Crippen LogP contribution in [0.4, 0.5) is 0 Å². The maximum Gasteiger partial charge on any atom is 0.00494 e. The van der Waals surface area contributed by atoms with E-state index in [2.05, 4.69) is 6.92 Å². The predicted octanol–water partition coefficient (Wildman–Crippen LogP) is 2.55. The van der Waals surface area contributed by atoms with E-state index in [0.717, 1.165) is 11.3 Å². The molecule has 0 unspecified atom stereocenters. The molecule has 0 atom stereocenters. The van der Waals surface area contributed by atoms with E-state index in [1.165, 1.54) is 25.7 Å². The standard InChI is InChI=1S/C8H15N.C2H6/c1-6-2-8(3-6)4-7(9)5-8;1-2/h6-7H,2-5,9H2,1H3;1-2H3. The minimum Gasteiger partial charge on any atom is -0.328 e. The maximum atomic E-state index is 5.71. The minimum absolute atomic E-state index is 0.553. The normalized spacial score (nSPS) is 46.9. The summed E-state index contributed by atoms with van der Waals surface area (Å²) in [6, 6.07) is 0.553. The monoisotopic (exact) mass is 155 g/mol. The van der Waals surface area contributed by atoms with Gasteiger partial charge in [-0.25, -0.2) is 0 Å². The second kappa shape index (κ2) is 3.14. The van der Waals surface area contributed by atoms with Crippen molar-refractivity contribution in [3.05, 3.63) is 0 Å². The van der Waals surface area contributed by atoms with E-state index in [1.807, 2.05) is 13.8 Å². The third-order valence-electron chi connectivity index (χ3n) is 2.95. The van der Waals surface area contributed by atoms with Crippen molar-refractivity contribution in [1.82, 2.24) is 0 Å². The molecule has 0 amide bonds. The zero-order valence-electron chi connectivity index (χ0n) is 8.06. The van der Waals surface area contributed by atoms with Gasteiger partial charge in [0.25, 0.3) is 0 Å². The van der Waals surface area contributed by atoms with Crippen LogP contribution >= 0.6 is 0 Å². The van der Waals surface area contributed by atoms with Crippen LogP contribution in [0.3, 0.4) is 0 Å². The molecule has 66 valence electrons. The van der Waals surface area contributed by atoms with Gasteiger partial charge in [0, 0.05) is 6.04 Å². The number of rotatable bonds is 0. The van der Waals surface area contributed by atoms with Crippen molar-refractivity contribution >= 4 is 0 Å². The first-order chi connectivity index (χ1) is 5.20. The summed E-state index contributed by atoms with van der Waals surface area (Å²) in [6.07, 6.45) is 5.55. The van der Waals surface area contributed by atoms with E-state index in [-0.39, 0.29) is 0 Å². The Morgan fingerprint density at radius 3 is 1.82 bits per heavy atom. The quantitative estimate of drug-likeness (QED) is 0.571. The van der Waals surface area contributed by atoms with Crippen LogP contribution in [0, 0.1) is 11.3 Å². The van der Waals surface area contributed by atoms with Gasteiger partial charge in [-0.15, -0.1) is 0 Å². The van der Waals surface area contributed by atoms with Crippen molar-refractivity contribution < 1.29 is 0 Å². The molecular formula is C10H21N. The lowest BCUT2D eigenvalue weighted by Gasteiger charge is -2.56. The van der Waals surface area contributed by atoms with Gasteiger partial charge in [0.05, 0.1) is 0 Å². The van der Waals surface area contributed by atoms with Crippen LogP contribution in [0.5, 0.6) is 0 Å². The molecule has 2 aliphatic carbocycles. The molecule has 1 spiro atoms. The number of nitrogens with two attached hydrogens (primary N) is 1. The van der Waals surface area contributed by atoms with E-state index in [4.69, 9.17) is 5.73 Å². The van der Waals surface area contributed by atoms with Gasteiger partial charge in [0.15, 0.2) is 0 Å². The van der Waals surface area contributed by atoms with Crippen LogP contribution in [0.2, 0.25) is 0 Å². The molecule has 0 heterocycles. The van der Waals surface area contributed by atoms with Crippen molar-refractivity contribution in [3.63, 3.8) is 0 Å². The first kappa shape index (κ1) is 9.05. The summed E-state index contributed by atoms with van der Waals surface area (Å²) in [5, 5.41) is 0. The average molecular weight is 155 g/mol. The molecule has 2 N–H and O–H groups in total. The van der Waals surface area contributed by atoms with Crippen molar-refractivity contribution in [2.24, 2.45) is 17.1 Å². The summed E-state index contributed by atoms with van der Waals surface area (Å²) >= 11 is 0. The van der Waals surface area contributed by atoms with E-state index >= 15 is 0 Å². The van der Waals surface area contributed by atoms with Crippen LogP contribution < -0.4 is 5.73 Å². The Hall–Kier alpha value is -0.0400. The number of hydrogen-bond acceptors (Lipinski definition) is 1. The highest BCUT2D eigenvalue weighted by atomic mass is 14.7. The maximum absolute atomic E-state index is 5.71. The molecular weight excluding hydrogens is 134 g/mol. The molecule has 0 aromatic rings. The third-order valence-corrected chi connectivity index (χ3v) is 2.95. The fourth-order valence-electron chi connectivity index (χ4n) is 2.80. The van der Waals surface area contributed by atoms with E-state index in [1.54, 1.807) is 0 Å². The van der Waals surface area contributed by atoms with E-state index in [0.29, 0.717) is 6.04 Å². The Kier molecular flexibility index (Phi) is 2.58. The Morgan fingerprint density at radius 1 is 1.09 bits per heavy atom. The lowest BCUT2D eigenvalue weighted by Crippen LogP contribution is -2.52. The zero-order valence-corrected chi connectivity index (χ0v) is 8.06. The van der Waals surface area contributed by atoms with Crippen LogP contribution in [-0.2, 0) is 0 Å². The summed E-state index contributed by atoms with van der Waals surface area (Å²) in [5.41, 5.74) is 6.47. The summed E-state index contributed by atoms with van der Waals surface area (Å²) < 4.78 is 0. The molecule has 0 aromatic carbocycles. The second-order valence-corrected chi connectivity index (χ2v) is 4.18. The highest BCUT2D eigenvalue weighted by Gasteiger charge is 2.49. The smallest absolute Gasteiger partial charge is 0.00494 e. The largest absolute Gasteiger partial charge is 0.328 e. The first-order valence-corrected chi connectivity index (χ1v) is 4.96. The van der Waals surface area contributed by atoms with Crippen molar-refractivity contribution in [3.8, 4) is 0 Å². The van der Waals surface area contributed by atoms with Crippen molar-refractivity contribution in [1.29, 1.82) is 0 Å². The molecule has 0 radical (unpaired) electrons. The fraction of sp³-hybridized carbons (Fsp3) is 1.00. The summed E-state index contributed by atoms with van der Waals surface area (Å²) in [7, 11) is 0. The lowest BCUT2D eigenvalue weighted by molar-refractivity contribution is -0.0313. The molecule has 0 bridgehead atoms. The van der Waals surface area contributed by atoms with E-state index in [9.17, 15) is 0 Å². The highest BCUT2D eigenvalue weighted by Crippen LogP contribution is 2.57. The highest BCUT2D eigenvalue weighted by molar-refractivity contribution is 5.03. The Balaban J connectivity index is 0.000000281. The molecule has 0 aromatic heterocycles. The second-order valence-electron chi connectivity index (χ2n) is 4.18. The van der Waals surface area contributed by atoms with Gasteiger partial charge < -0.3 is 5.73 Å².